The Labute approximate surface area is 164 Å². The normalized spacial score (nSPS) is 13.8. The molecular formula is C21H25N5O2. The van der Waals surface area contributed by atoms with Gasteiger partial charge in [-0.25, -0.2) is 4.98 Å². The molecule has 2 aromatic heterocycles. The van der Waals surface area contributed by atoms with E-state index in [-0.39, 0.29) is 5.91 Å². The van der Waals surface area contributed by atoms with Crippen LogP contribution in [0.25, 0.3) is 10.9 Å². The maximum Gasteiger partial charge on any atom is 0.240 e. The van der Waals surface area contributed by atoms with Crippen molar-refractivity contribution >= 4 is 22.6 Å². The van der Waals surface area contributed by atoms with E-state index in [9.17, 15) is 4.79 Å². The first-order chi connectivity index (χ1) is 13.7. The molecule has 28 heavy (non-hydrogen) atoms. The summed E-state index contributed by atoms with van der Waals surface area (Å²) in [5.74, 6) is 2.13. The second-order valence-electron chi connectivity index (χ2n) is 7.01. The van der Waals surface area contributed by atoms with Crippen molar-refractivity contribution in [1.82, 2.24) is 19.9 Å². The van der Waals surface area contributed by atoms with E-state index in [2.05, 4.69) is 20.2 Å². The quantitative estimate of drug-likeness (QED) is 0.639. The summed E-state index contributed by atoms with van der Waals surface area (Å²) in [5, 5.41) is 4.03. The van der Waals surface area contributed by atoms with E-state index in [1.54, 1.807) is 0 Å². The van der Waals surface area contributed by atoms with Gasteiger partial charge in [-0.05, 0) is 37.3 Å². The second kappa shape index (κ2) is 8.29. The Kier molecular flexibility index (Phi) is 5.41. The fourth-order valence-corrected chi connectivity index (χ4v) is 3.54. The van der Waals surface area contributed by atoms with Crippen LogP contribution in [-0.4, -0.2) is 46.7 Å². The first-order valence-corrected chi connectivity index (χ1v) is 9.73. The summed E-state index contributed by atoms with van der Waals surface area (Å²) in [6, 6.07) is 11.9. The fourth-order valence-electron chi connectivity index (χ4n) is 3.54. The predicted molar refractivity (Wildman–Crippen MR) is 109 cm³/mol. The molecular weight excluding hydrogens is 354 g/mol. The molecule has 3 aromatic rings. The van der Waals surface area contributed by atoms with Gasteiger partial charge in [0.25, 0.3) is 0 Å². The van der Waals surface area contributed by atoms with Crippen LogP contribution in [0.5, 0.6) is 5.88 Å². The maximum atomic E-state index is 12.2. The minimum absolute atomic E-state index is 0.0402. The molecule has 1 amide bonds. The van der Waals surface area contributed by atoms with Gasteiger partial charge in [0.15, 0.2) is 0 Å². The third kappa shape index (κ3) is 4.24. The molecule has 1 saturated heterocycles. The molecule has 1 aliphatic rings. The summed E-state index contributed by atoms with van der Waals surface area (Å²) < 4.78 is 7.69. The lowest BCUT2D eigenvalue weighted by molar-refractivity contribution is -0.121. The highest BCUT2D eigenvalue weighted by molar-refractivity contribution is 5.83. The average Bonchev–Trinajstić information content (AvgIpc) is 3.36. The Hall–Kier alpha value is -3.09. The van der Waals surface area contributed by atoms with Crippen LogP contribution in [0.4, 0.5) is 5.82 Å². The zero-order chi connectivity index (χ0) is 19.3. The van der Waals surface area contributed by atoms with Gasteiger partial charge >= 0.3 is 0 Å². The number of benzene rings is 1. The number of hydrogen-bond acceptors (Lipinski definition) is 5. The lowest BCUT2D eigenvalue weighted by Gasteiger charge is -2.17. The van der Waals surface area contributed by atoms with Crippen LogP contribution in [0.1, 0.15) is 18.7 Å². The van der Waals surface area contributed by atoms with Crippen molar-refractivity contribution in [2.45, 2.75) is 26.3 Å². The molecule has 0 spiro atoms. The number of nitrogens with zero attached hydrogens (tertiary/aromatic N) is 4. The molecule has 146 valence electrons. The van der Waals surface area contributed by atoms with Crippen LogP contribution in [0, 0.1) is 6.92 Å². The molecule has 1 fully saturated rings. The van der Waals surface area contributed by atoms with E-state index in [1.165, 1.54) is 12.8 Å². The molecule has 0 atom stereocenters. The maximum absolute atomic E-state index is 12.2. The third-order valence-corrected chi connectivity index (χ3v) is 4.90. The van der Waals surface area contributed by atoms with Gasteiger partial charge in [0.05, 0.1) is 6.54 Å². The molecule has 1 aromatic carbocycles. The van der Waals surface area contributed by atoms with Crippen LogP contribution in [0.3, 0.4) is 0 Å². The number of carbonyl (C=O) groups is 1. The van der Waals surface area contributed by atoms with Gasteiger partial charge in [-0.1, -0.05) is 18.2 Å². The average molecular weight is 379 g/mol. The molecule has 7 nitrogen and oxygen atoms in total. The predicted octanol–water partition coefficient (Wildman–Crippen LogP) is 2.54. The van der Waals surface area contributed by atoms with Gasteiger partial charge in [0, 0.05) is 30.9 Å². The zero-order valence-electron chi connectivity index (χ0n) is 16.1. The summed E-state index contributed by atoms with van der Waals surface area (Å²) >= 11 is 0. The van der Waals surface area contributed by atoms with E-state index in [0.717, 1.165) is 29.8 Å². The Balaban J connectivity index is 1.27. The van der Waals surface area contributed by atoms with Crippen LogP contribution in [-0.2, 0) is 11.3 Å². The Morgan fingerprint density at radius 1 is 1.18 bits per heavy atom. The number of aryl methyl sites for hydroxylation is 1. The minimum atomic E-state index is -0.0402. The van der Waals surface area contributed by atoms with E-state index >= 15 is 0 Å². The van der Waals surface area contributed by atoms with Gasteiger partial charge in [0.2, 0.25) is 11.8 Å². The molecule has 0 radical (unpaired) electrons. The summed E-state index contributed by atoms with van der Waals surface area (Å²) in [6.45, 7) is 5.02. The van der Waals surface area contributed by atoms with E-state index in [1.807, 2.05) is 54.1 Å². The number of para-hydroxylation sites is 1. The minimum Gasteiger partial charge on any atom is -0.476 e. The highest BCUT2D eigenvalue weighted by atomic mass is 16.5. The number of ether oxygens (including phenoxy) is 1. The first-order valence-electron chi connectivity index (χ1n) is 9.73. The standard InChI is InChI=1S/C21H25N5O2/c1-16-23-19(25-10-4-5-11-25)14-21(24-16)28-13-9-22-20(27)15-26-12-8-17-6-2-3-7-18(17)26/h2-3,6-8,12,14H,4-5,9-11,13,15H2,1H3,(H,22,27). The highest BCUT2D eigenvalue weighted by Gasteiger charge is 2.15. The van der Waals surface area contributed by atoms with Crippen LogP contribution < -0.4 is 15.0 Å². The van der Waals surface area contributed by atoms with Crippen LogP contribution >= 0.6 is 0 Å². The van der Waals surface area contributed by atoms with Crippen LogP contribution in [0.15, 0.2) is 42.6 Å². The molecule has 1 N–H and O–H groups in total. The van der Waals surface area contributed by atoms with Crippen molar-refractivity contribution in [3.8, 4) is 5.88 Å². The Morgan fingerprint density at radius 2 is 2.00 bits per heavy atom. The number of nitrogens with one attached hydrogen (secondary N) is 1. The van der Waals surface area contributed by atoms with Gasteiger partial charge < -0.3 is 19.5 Å². The number of hydrogen-bond donors (Lipinski definition) is 1. The van der Waals surface area contributed by atoms with Crippen molar-refractivity contribution in [1.29, 1.82) is 0 Å². The summed E-state index contributed by atoms with van der Waals surface area (Å²) in [5.41, 5.74) is 1.06. The van der Waals surface area contributed by atoms with Crippen molar-refractivity contribution in [2.75, 3.05) is 31.1 Å². The second-order valence-corrected chi connectivity index (χ2v) is 7.01. The Morgan fingerprint density at radius 3 is 2.86 bits per heavy atom. The first kappa shape index (κ1) is 18.3. The topological polar surface area (TPSA) is 72.3 Å². The molecule has 7 heteroatoms. The highest BCUT2D eigenvalue weighted by Crippen LogP contribution is 2.21. The van der Waals surface area contributed by atoms with Crippen molar-refractivity contribution < 1.29 is 9.53 Å². The number of carbonyl (C=O) groups excluding carboxylic acids is 1. The smallest absolute Gasteiger partial charge is 0.240 e. The van der Waals surface area contributed by atoms with Crippen LogP contribution in [0.2, 0.25) is 0 Å². The third-order valence-electron chi connectivity index (χ3n) is 4.90. The summed E-state index contributed by atoms with van der Waals surface area (Å²) in [7, 11) is 0. The van der Waals surface area contributed by atoms with Crippen molar-refractivity contribution in [2.24, 2.45) is 0 Å². The molecule has 0 unspecified atom stereocenters. The number of fused-ring (bicyclic) bond motifs is 1. The fraction of sp³-hybridized carbons (Fsp3) is 0.381. The number of rotatable bonds is 7. The SMILES string of the molecule is Cc1nc(OCCNC(=O)Cn2ccc3ccccc32)cc(N2CCCC2)n1. The number of aromatic nitrogens is 3. The van der Waals surface area contributed by atoms with Gasteiger partial charge in [-0.2, -0.15) is 4.98 Å². The molecule has 3 heterocycles. The lowest BCUT2D eigenvalue weighted by atomic mass is 10.2. The monoisotopic (exact) mass is 379 g/mol. The number of amides is 1. The molecule has 0 bridgehead atoms. The van der Waals surface area contributed by atoms with Gasteiger partial charge in [0.1, 0.15) is 24.8 Å². The molecule has 1 aliphatic heterocycles. The van der Waals surface area contributed by atoms with Crippen molar-refractivity contribution in [3.05, 3.63) is 48.4 Å². The summed E-state index contributed by atoms with van der Waals surface area (Å²) in [4.78, 5) is 23.3. The lowest BCUT2D eigenvalue weighted by Crippen LogP contribution is -2.31. The van der Waals surface area contributed by atoms with E-state index in [0.29, 0.717) is 31.4 Å². The molecule has 4 rings (SSSR count). The van der Waals surface area contributed by atoms with E-state index < -0.39 is 0 Å². The molecule has 0 aliphatic carbocycles. The van der Waals surface area contributed by atoms with E-state index in [4.69, 9.17) is 4.74 Å². The Bertz CT molecular complexity index is 962. The summed E-state index contributed by atoms with van der Waals surface area (Å²) in [6.07, 6.45) is 4.33. The van der Waals surface area contributed by atoms with Crippen molar-refractivity contribution in [3.63, 3.8) is 0 Å². The van der Waals surface area contributed by atoms with Gasteiger partial charge in [-0.3, -0.25) is 4.79 Å². The number of anilines is 1. The van der Waals surface area contributed by atoms with Gasteiger partial charge in [-0.15, -0.1) is 0 Å². The zero-order valence-corrected chi connectivity index (χ0v) is 16.1. The molecule has 0 saturated carbocycles. The largest absolute Gasteiger partial charge is 0.476 e.